The highest BCUT2D eigenvalue weighted by atomic mass is 32.1. The van der Waals surface area contributed by atoms with Gasteiger partial charge in [-0.15, -0.1) is 0 Å². The molecule has 0 aliphatic carbocycles. The van der Waals surface area contributed by atoms with Gasteiger partial charge in [0.15, 0.2) is 10.9 Å². The van der Waals surface area contributed by atoms with Gasteiger partial charge in [-0.05, 0) is 62.8 Å². The van der Waals surface area contributed by atoms with Crippen molar-refractivity contribution in [2.75, 3.05) is 38.0 Å². The van der Waals surface area contributed by atoms with E-state index in [0.717, 1.165) is 64.4 Å². The van der Waals surface area contributed by atoms with Gasteiger partial charge in [0.25, 0.3) is 0 Å². The molecule has 2 saturated heterocycles. The van der Waals surface area contributed by atoms with Crippen LogP contribution in [0.1, 0.15) is 52.9 Å². The molecule has 40 heavy (non-hydrogen) atoms. The van der Waals surface area contributed by atoms with Gasteiger partial charge in [-0.1, -0.05) is 23.5 Å². The summed E-state index contributed by atoms with van der Waals surface area (Å²) in [7, 11) is 0. The van der Waals surface area contributed by atoms with E-state index in [2.05, 4.69) is 35.4 Å². The maximum Gasteiger partial charge on any atom is 0.321 e. The maximum absolute atomic E-state index is 13.4. The van der Waals surface area contributed by atoms with Crippen molar-refractivity contribution in [3.05, 3.63) is 64.4 Å². The number of aryl methyl sites for hydroxylation is 1. The molecule has 11 heteroatoms. The van der Waals surface area contributed by atoms with Crippen LogP contribution in [0.15, 0.2) is 36.7 Å². The molecule has 4 heterocycles. The number of hydrogen-bond acceptors (Lipinski definition) is 7. The van der Waals surface area contributed by atoms with Crippen LogP contribution in [0.2, 0.25) is 0 Å². The number of carbonyl (C=O) groups is 2. The third-order valence-corrected chi connectivity index (χ3v) is 9.11. The Kier molecular flexibility index (Phi) is 9.23. The molecule has 5 rings (SSSR count). The number of piperidine rings is 2. The normalized spacial score (nSPS) is 22.2. The number of carbonyl (C=O) groups excluding carboxylic acids is 2. The smallest absolute Gasteiger partial charge is 0.321 e. The van der Waals surface area contributed by atoms with E-state index >= 15 is 0 Å². The van der Waals surface area contributed by atoms with E-state index in [1.165, 1.54) is 30.2 Å². The van der Waals surface area contributed by atoms with Crippen LogP contribution in [0, 0.1) is 24.6 Å². The molecule has 0 bridgehead atoms. The lowest BCUT2D eigenvalue weighted by Gasteiger charge is -2.42. The predicted molar refractivity (Wildman–Crippen MR) is 154 cm³/mol. The zero-order valence-electron chi connectivity index (χ0n) is 23.2. The Bertz CT molecular complexity index is 1280. The number of anilines is 1. The Balaban J connectivity index is 1.22. The first-order valence-corrected chi connectivity index (χ1v) is 14.9. The molecule has 2 aromatic heterocycles. The predicted octanol–water partition coefficient (Wildman–Crippen LogP) is 4.48. The van der Waals surface area contributed by atoms with Crippen LogP contribution in [0.4, 0.5) is 14.3 Å². The highest BCUT2D eigenvalue weighted by Gasteiger charge is 2.33. The van der Waals surface area contributed by atoms with Crippen molar-refractivity contribution in [1.29, 1.82) is 0 Å². The van der Waals surface area contributed by atoms with E-state index in [0.29, 0.717) is 21.6 Å². The first-order valence-electron chi connectivity index (χ1n) is 14.1. The number of imidazole rings is 1. The molecule has 0 spiro atoms. The molecular formula is C29H38FN7O2S. The number of likely N-dealkylation sites (tertiary alicyclic amines) is 2. The lowest BCUT2D eigenvalue weighted by atomic mass is 9.88. The molecular weight excluding hydrogens is 529 g/mol. The SMILES string of the molecule is CC(=O)c1sc(NC(=O)N[C@@H]2CCN(Cc3ncc[nH]3)C[C@H]2CN2CCC[C@@H](Cc3ccc(F)cc3)C2)nc1C. The molecule has 2 aliphatic heterocycles. The zero-order chi connectivity index (χ0) is 28.1. The number of halogens is 1. The van der Waals surface area contributed by atoms with Crippen molar-refractivity contribution >= 4 is 28.3 Å². The average molecular weight is 568 g/mol. The molecule has 3 aromatic rings. The summed E-state index contributed by atoms with van der Waals surface area (Å²) in [6.45, 7) is 8.69. The third kappa shape index (κ3) is 7.52. The minimum absolute atomic E-state index is 0.0127. The van der Waals surface area contributed by atoms with Crippen LogP contribution < -0.4 is 10.6 Å². The largest absolute Gasteiger partial charge is 0.348 e. The second-order valence-corrected chi connectivity index (χ2v) is 12.1. The standard InChI is InChI=1S/C29H38FN7O2S/c1-19-27(20(2)38)40-29(33-19)35-28(39)34-25-9-13-37(18-26-31-10-11-32-26)17-23(25)16-36-12-3-4-22(15-36)14-21-5-7-24(30)8-6-21/h5-8,10-11,22-23,25H,3-4,9,12-18H2,1-2H3,(H,31,32)(H2,33,34,35,39)/t22-,23+,25+/m0/s1. The van der Waals surface area contributed by atoms with Gasteiger partial charge in [0, 0.05) is 57.5 Å². The monoisotopic (exact) mass is 567 g/mol. The van der Waals surface area contributed by atoms with Crippen LogP contribution in [0.3, 0.4) is 0 Å². The second-order valence-electron chi connectivity index (χ2n) is 11.1. The summed E-state index contributed by atoms with van der Waals surface area (Å²) in [5.74, 6) is 1.47. The first-order chi connectivity index (χ1) is 19.3. The van der Waals surface area contributed by atoms with Crippen LogP contribution in [-0.4, -0.2) is 75.3 Å². The summed E-state index contributed by atoms with van der Waals surface area (Å²) < 4.78 is 13.4. The molecule has 9 nitrogen and oxygen atoms in total. The molecule has 2 amide bonds. The highest BCUT2D eigenvalue weighted by molar-refractivity contribution is 7.17. The van der Waals surface area contributed by atoms with E-state index in [9.17, 15) is 14.0 Å². The number of nitrogens with one attached hydrogen (secondary N) is 3. The van der Waals surface area contributed by atoms with E-state index < -0.39 is 0 Å². The van der Waals surface area contributed by atoms with Crippen LogP contribution >= 0.6 is 11.3 Å². The van der Waals surface area contributed by atoms with Gasteiger partial charge < -0.3 is 15.2 Å². The van der Waals surface area contributed by atoms with Gasteiger partial charge in [0.1, 0.15) is 11.6 Å². The fraction of sp³-hybridized carbons (Fsp3) is 0.517. The van der Waals surface area contributed by atoms with Gasteiger partial charge in [-0.2, -0.15) is 0 Å². The van der Waals surface area contributed by atoms with Crippen molar-refractivity contribution < 1.29 is 14.0 Å². The number of aromatic nitrogens is 3. The third-order valence-electron chi connectivity index (χ3n) is 7.93. The number of benzene rings is 1. The number of amides is 2. The van der Waals surface area contributed by atoms with E-state index in [4.69, 9.17) is 0 Å². The molecule has 2 aliphatic rings. The van der Waals surface area contributed by atoms with Crippen LogP contribution in [0.5, 0.6) is 0 Å². The summed E-state index contributed by atoms with van der Waals surface area (Å²) in [6.07, 6.45) is 7.71. The summed E-state index contributed by atoms with van der Waals surface area (Å²) in [5, 5.41) is 6.51. The fourth-order valence-electron chi connectivity index (χ4n) is 6.07. The van der Waals surface area contributed by atoms with Gasteiger partial charge in [0.05, 0.1) is 17.1 Å². The van der Waals surface area contributed by atoms with E-state index in [1.807, 2.05) is 18.3 Å². The number of thiazole rings is 1. The van der Waals surface area contributed by atoms with Gasteiger partial charge in [-0.3, -0.25) is 15.0 Å². The average Bonchev–Trinajstić information content (AvgIpc) is 3.56. The quantitative estimate of drug-likeness (QED) is 0.329. The molecule has 214 valence electrons. The van der Waals surface area contributed by atoms with Gasteiger partial charge >= 0.3 is 6.03 Å². The maximum atomic E-state index is 13.4. The molecule has 3 N–H and O–H groups in total. The Morgan fingerprint density at radius 1 is 1.15 bits per heavy atom. The number of H-pyrrole nitrogens is 1. The van der Waals surface area contributed by atoms with Crippen molar-refractivity contribution in [2.24, 2.45) is 11.8 Å². The molecule has 0 unspecified atom stereocenters. The number of nitrogens with zero attached hydrogens (tertiary/aromatic N) is 4. The number of Topliss-reactive ketones (excluding diaryl/α,β-unsaturated/α-hetero) is 1. The Labute approximate surface area is 238 Å². The van der Waals surface area contributed by atoms with Crippen molar-refractivity contribution in [2.45, 2.75) is 52.1 Å². The molecule has 3 atom stereocenters. The first kappa shape index (κ1) is 28.4. The van der Waals surface area contributed by atoms with Crippen molar-refractivity contribution in [3.63, 3.8) is 0 Å². The molecule has 1 aromatic carbocycles. The zero-order valence-corrected chi connectivity index (χ0v) is 24.0. The topological polar surface area (TPSA) is 106 Å². The minimum atomic E-state index is -0.286. The number of aromatic amines is 1. The fourth-order valence-corrected chi connectivity index (χ4v) is 6.93. The second kappa shape index (κ2) is 13.0. The Morgan fingerprint density at radius 3 is 2.70 bits per heavy atom. The van der Waals surface area contributed by atoms with Crippen molar-refractivity contribution in [1.82, 2.24) is 30.1 Å². The summed E-state index contributed by atoms with van der Waals surface area (Å²) in [5.41, 5.74) is 1.81. The van der Waals surface area contributed by atoms with Crippen LogP contribution in [0.25, 0.3) is 0 Å². The number of urea groups is 1. The minimum Gasteiger partial charge on any atom is -0.348 e. The number of hydrogen-bond donors (Lipinski definition) is 3. The molecule has 0 radical (unpaired) electrons. The van der Waals surface area contributed by atoms with E-state index in [-0.39, 0.29) is 29.6 Å². The Morgan fingerprint density at radius 2 is 1.98 bits per heavy atom. The summed E-state index contributed by atoms with van der Waals surface area (Å²) in [4.78, 5) is 42.3. The van der Waals surface area contributed by atoms with Gasteiger partial charge in [0.2, 0.25) is 0 Å². The number of ketones is 1. The Hall–Kier alpha value is -3.15. The van der Waals surface area contributed by atoms with Crippen molar-refractivity contribution in [3.8, 4) is 0 Å². The van der Waals surface area contributed by atoms with Gasteiger partial charge in [-0.25, -0.2) is 19.2 Å². The molecule has 2 fully saturated rings. The summed E-state index contributed by atoms with van der Waals surface area (Å²) in [6, 6.07) is 6.60. The number of rotatable bonds is 9. The summed E-state index contributed by atoms with van der Waals surface area (Å²) >= 11 is 1.21. The lowest BCUT2D eigenvalue weighted by molar-refractivity contribution is 0.0808. The highest BCUT2D eigenvalue weighted by Crippen LogP contribution is 2.26. The lowest BCUT2D eigenvalue weighted by Crippen LogP contribution is -2.55. The van der Waals surface area contributed by atoms with E-state index in [1.54, 1.807) is 25.3 Å². The van der Waals surface area contributed by atoms with Crippen LogP contribution in [-0.2, 0) is 13.0 Å². The molecule has 0 saturated carbocycles.